The average Bonchev–Trinajstić information content (AvgIpc) is 2.65. The van der Waals surface area contributed by atoms with E-state index < -0.39 is 0 Å². The Morgan fingerprint density at radius 2 is 2.13 bits per heavy atom. The lowest BCUT2D eigenvalue weighted by atomic mass is 10.0. The summed E-state index contributed by atoms with van der Waals surface area (Å²) >= 11 is 0. The van der Waals surface area contributed by atoms with Gasteiger partial charge < -0.3 is 9.52 Å². The molecule has 1 N–H and O–H groups in total. The topological polar surface area (TPSA) is 46.3 Å². The van der Waals surface area contributed by atoms with Crippen molar-refractivity contribution in [3.05, 3.63) is 41.4 Å². The summed E-state index contributed by atoms with van der Waals surface area (Å²) in [6, 6.07) is 6.09. The van der Waals surface area contributed by atoms with Crippen LogP contribution in [0.2, 0.25) is 0 Å². The van der Waals surface area contributed by atoms with Gasteiger partial charge in [0.05, 0.1) is 6.61 Å². The minimum atomic E-state index is -0.0981. The summed E-state index contributed by atoms with van der Waals surface area (Å²) in [5.74, 6) is 0.662. The second-order valence-electron chi connectivity index (χ2n) is 3.60. The molecular weight excluding hydrogens is 190 g/mol. The molecule has 0 aliphatic rings. The summed E-state index contributed by atoms with van der Waals surface area (Å²) in [6.45, 7) is 3.97. The van der Waals surface area contributed by atoms with Crippen molar-refractivity contribution in [2.75, 3.05) is 0 Å². The molecule has 0 radical (unpaired) electrons. The zero-order chi connectivity index (χ0) is 10.8. The van der Waals surface area contributed by atoms with Crippen LogP contribution in [0.25, 0.3) is 11.3 Å². The van der Waals surface area contributed by atoms with Crippen LogP contribution in [0, 0.1) is 13.8 Å². The number of rotatable bonds is 2. The lowest BCUT2D eigenvalue weighted by Crippen LogP contribution is -1.89. The van der Waals surface area contributed by atoms with Gasteiger partial charge in [0.15, 0.2) is 12.2 Å². The Morgan fingerprint density at radius 3 is 2.80 bits per heavy atom. The number of hydrogen-bond donors (Lipinski definition) is 1. The van der Waals surface area contributed by atoms with Gasteiger partial charge in [-0.05, 0) is 19.4 Å². The Labute approximate surface area is 88.4 Å². The molecule has 0 atom stereocenters. The van der Waals surface area contributed by atoms with Gasteiger partial charge in [-0.3, -0.25) is 0 Å². The first-order chi connectivity index (χ1) is 7.22. The van der Waals surface area contributed by atoms with Crippen molar-refractivity contribution < 1.29 is 9.52 Å². The minimum absolute atomic E-state index is 0.0981. The molecular formula is C12H13NO2. The van der Waals surface area contributed by atoms with Gasteiger partial charge in [0.2, 0.25) is 0 Å². The maximum absolute atomic E-state index is 9.09. The summed E-state index contributed by atoms with van der Waals surface area (Å²) in [5, 5.41) is 9.09. The molecule has 0 bridgehead atoms. The molecule has 0 saturated carbocycles. The standard InChI is InChI=1S/C12H13NO2/c1-8-3-4-10(9(2)5-8)12-11(6-14)13-7-15-12/h3-5,7,14H,6H2,1-2H3. The molecule has 0 aliphatic carbocycles. The Hall–Kier alpha value is -1.61. The van der Waals surface area contributed by atoms with Gasteiger partial charge in [0.25, 0.3) is 0 Å². The summed E-state index contributed by atoms with van der Waals surface area (Å²) in [5.41, 5.74) is 3.91. The quantitative estimate of drug-likeness (QED) is 0.815. The first kappa shape index (κ1) is 9.93. The number of aryl methyl sites for hydroxylation is 2. The molecule has 3 heteroatoms. The molecule has 0 unspecified atom stereocenters. The van der Waals surface area contributed by atoms with Crippen LogP contribution in [0.4, 0.5) is 0 Å². The molecule has 3 nitrogen and oxygen atoms in total. The monoisotopic (exact) mass is 203 g/mol. The van der Waals surface area contributed by atoms with Crippen molar-refractivity contribution in [2.45, 2.75) is 20.5 Å². The zero-order valence-corrected chi connectivity index (χ0v) is 8.82. The molecule has 15 heavy (non-hydrogen) atoms. The fourth-order valence-corrected chi connectivity index (χ4v) is 1.67. The minimum Gasteiger partial charge on any atom is -0.443 e. The molecule has 0 aliphatic heterocycles. The van der Waals surface area contributed by atoms with Crippen LogP contribution < -0.4 is 0 Å². The number of aromatic nitrogens is 1. The van der Waals surface area contributed by atoms with Gasteiger partial charge in [-0.1, -0.05) is 23.8 Å². The van der Waals surface area contributed by atoms with Crippen molar-refractivity contribution in [1.82, 2.24) is 4.98 Å². The Kier molecular flexibility index (Phi) is 2.56. The smallest absolute Gasteiger partial charge is 0.181 e. The predicted octanol–water partition coefficient (Wildman–Crippen LogP) is 2.45. The van der Waals surface area contributed by atoms with Crippen LogP contribution in [-0.4, -0.2) is 10.1 Å². The highest BCUT2D eigenvalue weighted by atomic mass is 16.3. The van der Waals surface area contributed by atoms with Crippen molar-refractivity contribution in [3.63, 3.8) is 0 Å². The molecule has 1 heterocycles. The van der Waals surface area contributed by atoms with E-state index in [9.17, 15) is 0 Å². The normalized spacial score (nSPS) is 10.6. The van der Waals surface area contributed by atoms with E-state index in [-0.39, 0.29) is 6.61 Å². The highest BCUT2D eigenvalue weighted by Crippen LogP contribution is 2.26. The van der Waals surface area contributed by atoms with E-state index in [2.05, 4.69) is 11.1 Å². The van der Waals surface area contributed by atoms with Gasteiger partial charge in [0, 0.05) is 5.56 Å². The lowest BCUT2D eigenvalue weighted by Gasteiger charge is -2.04. The molecule has 78 valence electrons. The van der Waals surface area contributed by atoms with Gasteiger partial charge in [-0.25, -0.2) is 4.98 Å². The molecule has 1 aromatic carbocycles. The molecule has 0 fully saturated rings. The van der Waals surface area contributed by atoms with Gasteiger partial charge >= 0.3 is 0 Å². The number of benzene rings is 1. The number of hydrogen-bond acceptors (Lipinski definition) is 3. The van der Waals surface area contributed by atoms with Crippen LogP contribution in [0.15, 0.2) is 29.0 Å². The third-order valence-corrected chi connectivity index (χ3v) is 2.42. The summed E-state index contributed by atoms with van der Waals surface area (Å²) in [6.07, 6.45) is 1.36. The van der Waals surface area contributed by atoms with Crippen LogP contribution in [0.1, 0.15) is 16.8 Å². The molecule has 0 saturated heterocycles. The Morgan fingerprint density at radius 1 is 1.33 bits per heavy atom. The van der Waals surface area contributed by atoms with E-state index in [1.807, 2.05) is 26.0 Å². The van der Waals surface area contributed by atoms with E-state index in [0.29, 0.717) is 11.5 Å². The maximum Gasteiger partial charge on any atom is 0.181 e. The average molecular weight is 203 g/mol. The molecule has 0 spiro atoms. The van der Waals surface area contributed by atoms with E-state index >= 15 is 0 Å². The highest BCUT2D eigenvalue weighted by Gasteiger charge is 2.11. The van der Waals surface area contributed by atoms with Crippen LogP contribution in [-0.2, 0) is 6.61 Å². The van der Waals surface area contributed by atoms with Crippen molar-refractivity contribution >= 4 is 0 Å². The molecule has 2 rings (SSSR count). The number of aliphatic hydroxyl groups excluding tert-OH is 1. The second-order valence-corrected chi connectivity index (χ2v) is 3.60. The lowest BCUT2D eigenvalue weighted by molar-refractivity contribution is 0.277. The largest absolute Gasteiger partial charge is 0.443 e. The predicted molar refractivity (Wildman–Crippen MR) is 57.3 cm³/mol. The zero-order valence-electron chi connectivity index (χ0n) is 8.82. The maximum atomic E-state index is 9.09. The fourth-order valence-electron chi connectivity index (χ4n) is 1.67. The molecule has 0 amide bonds. The Bertz CT molecular complexity index is 474. The van der Waals surface area contributed by atoms with Crippen molar-refractivity contribution in [1.29, 1.82) is 0 Å². The van der Waals surface area contributed by atoms with Crippen molar-refractivity contribution in [2.24, 2.45) is 0 Å². The van der Waals surface area contributed by atoms with E-state index in [1.54, 1.807) is 0 Å². The highest BCUT2D eigenvalue weighted by molar-refractivity contribution is 5.64. The SMILES string of the molecule is Cc1ccc(-c2ocnc2CO)c(C)c1. The van der Waals surface area contributed by atoms with Crippen LogP contribution in [0.5, 0.6) is 0 Å². The van der Waals surface area contributed by atoms with Crippen molar-refractivity contribution in [3.8, 4) is 11.3 Å². The van der Waals surface area contributed by atoms with Gasteiger partial charge in [-0.15, -0.1) is 0 Å². The fraction of sp³-hybridized carbons (Fsp3) is 0.250. The van der Waals surface area contributed by atoms with Gasteiger partial charge in [0.1, 0.15) is 5.69 Å². The molecule has 1 aromatic heterocycles. The first-order valence-electron chi connectivity index (χ1n) is 4.83. The number of aliphatic hydroxyl groups is 1. The molecule has 2 aromatic rings. The van der Waals surface area contributed by atoms with Crippen LogP contribution >= 0.6 is 0 Å². The summed E-state index contributed by atoms with van der Waals surface area (Å²) in [7, 11) is 0. The van der Waals surface area contributed by atoms with E-state index in [1.165, 1.54) is 12.0 Å². The first-order valence-corrected chi connectivity index (χ1v) is 4.83. The summed E-state index contributed by atoms with van der Waals surface area (Å²) in [4.78, 5) is 3.96. The Balaban J connectivity index is 2.54. The third-order valence-electron chi connectivity index (χ3n) is 2.42. The third kappa shape index (κ3) is 1.78. The second kappa shape index (κ2) is 3.87. The van der Waals surface area contributed by atoms with Gasteiger partial charge in [-0.2, -0.15) is 0 Å². The van der Waals surface area contributed by atoms with E-state index in [4.69, 9.17) is 9.52 Å². The number of nitrogens with zero attached hydrogens (tertiary/aromatic N) is 1. The summed E-state index contributed by atoms with van der Waals surface area (Å²) < 4.78 is 5.29. The number of oxazole rings is 1. The van der Waals surface area contributed by atoms with E-state index in [0.717, 1.165) is 11.1 Å². The van der Waals surface area contributed by atoms with Crippen LogP contribution in [0.3, 0.4) is 0 Å².